The van der Waals surface area contributed by atoms with Crippen molar-refractivity contribution in [3.05, 3.63) is 27.7 Å². The molecule has 0 fully saturated rings. The Kier molecular flexibility index (Phi) is 3.86. The van der Waals surface area contributed by atoms with E-state index in [2.05, 4.69) is 0 Å². The maximum absolute atomic E-state index is 12.6. The van der Waals surface area contributed by atoms with Gasteiger partial charge in [-0.1, -0.05) is 23.2 Å². The third kappa shape index (κ3) is 2.61. The first-order valence-electron chi connectivity index (χ1n) is 4.44. The minimum Gasteiger partial charge on any atom is -0.494 e. The van der Waals surface area contributed by atoms with Crippen LogP contribution in [-0.2, 0) is 5.60 Å². The molecular weight excluding hydrogens is 280 g/mol. The van der Waals surface area contributed by atoms with E-state index in [0.29, 0.717) is 6.92 Å². The van der Waals surface area contributed by atoms with Gasteiger partial charge >= 0.3 is 6.18 Å². The molecule has 0 radical (unpaired) electrons. The Labute approximate surface area is 106 Å². The highest BCUT2D eigenvalue weighted by Gasteiger charge is 2.51. The molecule has 0 aliphatic heterocycles. The van der Waals surface area contributed by atoms with Crippen molar-refractivity contribution in [3.63, 3.8) is 0 Å². The largest absolute Gasteiger partial charge is 0.494 e. The van der Waals surface area contributed by atoms with E-state index < -0.39 is 17.3 Å². The molecule has 0 aliphatic rings. The summed E-state index contributed by atoms with van der Waals surface area (Å²) in [5, 5.41) is 9.26. The normalized spacial score (nSPS) is 15.5. The maximum Gasteiger partial charge on any atom is 0.421 e. The Morgan fingerprint density at radius 2 is 1.59 bits per heavy atom. The molecular formula is C10H9Cl2F3O2. The van der Waals surface area contributed by atoms with Crippen LogP contribution >= 0.6 is 23.2 Å². The predicted octanol–water partition coefficient (Wildman–Crippen LogP) is 3.77. The van der Waals surface area contributed by atoms with Gasteiger partial charge in [0.05, 0.1) is 17.2 Å². The number of rotatable bonds is 2. The molecule has 2 nitrogen and oxygen atoms in total. The van der Waals surface area contributed by atoms with E-state index in [-0.39, 0.29) is 15.8 Å². The Bertz CT molecular complexity index is 407. The first-order valence-corrected chi connectivity index (χ1v) is 5.19. The van der Waals surface area contributed by atoms with Gasteiger partial charge in [0.25, 0.3) is 0 Å². The van der Waals surface area contributed by atoms with Crippen molar-refractivity contribution in [2.45, 2.75) is 18.7 Å². The minimum absolute atomic E-state index is 0.0649. The predicted molar refractivity (Wildman–Crippen MR) is 58.6 cm³/mol. The zero-order chi connectivity index (χ0) is 13.4. The van der Waals surface area contributed by atoms with Gasteiger partial charge in [0.2, 0.25) is 0 Å². The van der Waals surface area contributed by atoms with Crippen LogP contribution in [0.1, 0.15) is 12.5 Å². The molecule has 0 bridgehead atoms. The third-order valence-corrected chi connectivity index (χ3v) is 2.88. The van der Waals surface area contributed by atoms with Crippen LogP contribution in [0.15, 0.2) is 12.1 Å². The number of hydrogen-bond donors (Lipinski definition) is 1. The SMILES string of the molecule is COc1c(Cl)cc(C(C)(O)C(F)(F)F)cc1Cl. The van der Waals surface area contributed by atoms with E-state index in [1.807, 2.05) is 0 Å². The minimum atomic E-state index is -4.83. The number of halogens is 5. The number of methoxy groups -OCH3 is 1. The summed E-state index contributed by atoms with van der Waals surface area (Å²) in [7, 11) is 1.29. The molecule has 0 saturated heterocycles. The standard InChI is InChI=1S/C10H9Cl2F3O2/c1-9(16,10(13,14)15)5-3-6(11)8(17-2)7(12)4-5/h3-4,16H,1-2H3. The van der Waals surface area contributed by atoms with Gasteiger partial charge in [-0.05, 0) is 24.6 Å². The lowest BCUT2D eigenvalue weighted by molar-refractivity contribution is -0.258. The van der Waals surface area contributed by atoms with Crippen LogP contribution in [0.25, 0.3) is 0 Å². The Hall–Kier alpha value is -0.650. The van der Waals surface area contributed by atoms with Gasteiger partial charge in [0, 0.05) is 0 Å². The molecule has 1 aromatic rings. The lowest BCUT2D eigenvalue weighted by atomic mass is 9.95. The van der Waals surface area contributed by atoms with Crippen molar-refractivity contribution in [2.75, 3.05) is 7.11 Å². The van der Waals surface area contributed by atoms with Crippen molar-refractivity contribution in [1.29, 1.82) is 0 Å². The van der Waals surface area contributed by atoms with E-state index in [1.54, 1.807) is 0 Å². The van der Waals surface area contributed by atoms with Crippen LogP contribution in [-0.4, -0.2) is 18.4 Å². The maximum atomic E-state index is 12.6. The second-order valence-corrected chi connectivity index (χ2v) is 4.36. The summed E-state index contributed by atoms with van der Waals surface area (Å²) in [6.45, 7) is 0.626. The van der Waals surface area contributed by atoms with E-state index in [0.717, 1.165) is 12.1 Å². The lowest BCUT2D eigenvalue weighted by Crippen LogP contribution is -2.39. The zero-order valence-electron chi connectivity index (χ0n) is 8.90. The molecule has 1 aromatic carbocycles. The number of ether oxygens (including phenoxy) is 1. The molecule has 0 heterocycles. The van der Waals surface area contributed by atoms with Gasteiger partial charge in [-0.2, -0.15) is 13.2 Å². The molecule has 0 aromatic heterocycles. The summed E-state index contributed by atoms with van der Waals surface area (Å²) in [6.07, 6.45) is -4.83. The number of alkyl halides is 3. The smallest absolute Gasteiger partial charge is 0.421 e. The molecule has 0 spiro atoms. The molecule has 7 heteroatoms. The summed E-state index contributed by atoms with van der Waals surface area (Å²) in [4.78, 5) is 0. The molecule has 17 heavy (non-hydrogen) atoms. The van der Waals surface area contributed by atoms with Crippen molar-refractivity contribution in [2.24, 2.45) is 0 Å². The molecule has 0 saturated carbocycles. The van der Waals surface area contributed by atoms with Gasteiger partial charge in [-0.25, -0.2) is 0 Å². The summed E-state index contributed by atoms with van der Waals surface area (Å²) in [5.74, 6) is 0.0649. The average molecular weight is 289 g/mol. The summed E-state index contributed by atoms with van der Waals surface area (Å²) in [6, 6.07) is 1.94. The fourth-order valence-electron chi connectivity index (χ4n) is 1.20. The summed E-state index contributed by atoms with van der Waals surface area (Å²) < 4.78 is 42.6. The monoisotopic (exact) mass is 288 g/mol. The van der Waals surface area contributed by atoms with Crippen molar-refractivity contribution >= 4 is 23.2 Å². The average Bonchev–Trinajstić information content (AvgIpc) is 2.15. The Balaban J connectivity index is 3.35. The van der Waals surface area contributed by atoms with Gasteiger partial charge < -0.3 is 9.84 Å². The molecule has 1 N–H and O–H groups in total. The van der Waals surface area contributed by atoms with Crippen LogP contribution in [0.2, 0.25) is 10.0 Å². The van der Waals surface area contributed by atoms with Gasteiger partial charge in [0.1, 0.15) is 0 Å². The fourth-order valence-corrected chi connectivity index (χ4v) is 1.84. The molecule has 0 aliphatic carbocycles. The first-order chi connectivity index (χ1) is 7.61. The van der Waals surface area contributed by atoms with Crippen LogP contribution in [0.3, 0.4) is 0 Å². The van der Waals surface area contributed by atoms with Crippen molar-refractivity contribution < 1.29 is 23.0 Å². The van der Waals surface area contributed by atoms with E-state index in [1.165, 1.54) is 7.11 Å². The Morgan fingerprint density at radius 1 is 1.18 bits per heavy atom. The Morgan fingerprint density at radius 3 is 1.88 bits per heavy atom. The van der Waals surface area contributed by atoms with Crippen LogP contribution in [0.4, 0.5) is 13.2 Å². The van der Waals surface area contributed by atoms with Crippen molar-refractivity contribution in [3.8, 4) is 5.75 Å². The third-order valence-electron chi connectivity index (χ3n) is 2.32. The lowest BCUT2D eigenvalue weighted by Gasteiger charge is -2.27. The molecule has 1 atom stereocenters. The van der Waals surface area contributed by atoms with E-state index >= 15 is 0 Å². The second-order valence-electron chi connectivity index (χ2n) is 3.54. The van der Waals surface area contributed by atoms with Gasteiger partial charge in [-0.3, -0.25) is 0 Å². The fraction of sp³-hybridized carbons (Fsp3) is 0.400. The van der Waals surface area contributed by atoms with Crippen LogP contribution in [0, 0.1) is 0 Å². The van der Waals surface area contributed by atoms with Crippen molar-refractivity contribution in [1.82, 2.24) is 0 Å². The highest BCUT2D eigenvalue weighted by Crippen LogP contribution is 2.43. The van der Waals surface area contributed by atoms with Gasteiger partial charge in [-0.15, -0.1) is 0 Å². The van der Waals surface area contributed by atoms with E-state index in [9.17, 15) is 18.3 Å². The highest BCUT2D eigenvalue weighted by molar-refractivity contribution is 6.37. The summed E-state index contributed by atoms with van der Waals surface area (Å²) >= 11 is 11.4. The number of benzene rings is 1. The summed E-state index contributed by atoms with van der Waals surface area (Å²) in [5.41, 5.74) is -3.46. The molecule has 96 valence electrons. The van der Waals surface area contributed by atoms with Crippen LogP contribution in [0.5, 0.6) is 5.75 Å². The van der Waals surface area contributed by atoms with Gasteiger partial charge in [0.15, 0.2) is 11.4 Å². The van der Waals surface area contributed by atoms with E-state index in [4.69, 9.17) is 27.9 Å². The zero-order valence-corrected chi connectivity index (χ0v) is 10.4. The molecule has 0 amide bonds. The second kappa shape index (κ2) is 4.55. The topological polar surface area (TPSA) is 29.5 Å². The number of aliphatic hydroxyl groups is 1. The quantitative estimate of drug-likeness (QED) is 0.898. The highest BCUT2D eigenvalue weighted by atomic mass is 35.5. The first kappa shape index (κ1) is 14.4. The molecule has 1 rings (SSSR count). The number of hydrogen-bond acceptors (Lipinski definition) is 2. The molecule has 1 unspecified atom stereocenters. The van der Waals surface area contributed by atoms with Crippen LogP contribution < -0.4 is 4.74 Å².